The van der Waals surface area contributed by atoms with E-state index >= 15 is 0 Å². The van der Waals surface area contributed by atoms with E-state index in [2.05, 4.69) is 6.07 Å². The first kappa shape index (κ1) is 10.1. The predicted molar refractivity (Wildman–Crippen MR) is 44.1 cm³/mol. The van der Waals surface area contributed by atoms with Gasteiger partial charge < -0.3 is 0 Å². The lowest BCUT2D eigenvalue weighted by molar-refractivity contribution is 0.347. The maximum Gasteiger partial charge on any atom is 0.114 e. The van der Waals surface area contributed by atoms with Gasteiger partial charge in [-0.25, -0.2) is 0 Å². The molecular weight excluding hydrogens is 169 g/mol. The van der Waals surface area contributed by atoms with Crippen LogP contribution < -0.4 is 0 Å². The molecule has 0 bridgehead atoms. The molecule has 0 saturated heterocycles. The van der Waals surface area contributed by atoms with Gasteiger partial charge in [-0.2, -0.15) is 5.26 Å². The second-order valence-corrected chi connectivity index (χ2v) is 3.74. The van der Waals surface area contributed by atoms with Crippen molar-refractivity contribution in [3.8, 4) is 6.07 Å². The van der Waals surface area contributed by atoms with E-state index in [1.807, 2.05) is 13.8 Å². The van der Waals surface area contributed by atoms with Gasteiger partial charge in [0.05, 0.1) is 6.07 Å². The van der Waals surface area contributed by atoms with E-state index < -0.39 is 4.84 Å². The van der Waals surface area contributed by atoms with Crippen LogP contribution in [0.25, 0.3) is 0 Å². The van der Waals surface area contributed by atoms with E-state index in [0.29, 0.717) is 6.42 Å². The first-order valence-electron chi connectivity index (χ1n) is 3.22. The topological polar surface area (TPSA) is 23.8 Å². The zero-order valence-electron chi connectivity index (χ0n) is 6.19. The number of halogens is 2. The Morgan fingerprint density at radius 3 is 2.20 bits per heavy atom. The molecule has 0 fully saturated rings. The molecule has 1 atom stereocenters. The summed E-state index contributed by atoms with van der Waals surface area (Å²) in [7, 11) is 0. The highest BCUT2D eigenvalue weighted by molar-refractivity contribution is 6.44. The van der Waals surface area contributed by atoms with Crippen LogP contribution in [0.2, 0.25) is 0 Å². The molecule has 1 nitrogen and oxygen atoms in total. The second kappa shape index (κ2) is 4.05. The molecule has 0 N–H and O–H groups in total. The molecule has 0 aliphatic carbocycles. The molecule has 0 heterocycles. The van der Waals surface area contributed by atoms with Crippen molar-refractivity contribution in [2.75, 3.05) is 0 Å². The zero-order chi connectivity index (χ0) is 8.20. The van der Waals surface area contributed by atoms with Crippen LogP contribution in [0.4, 0.5) is 0 Å². The Morgan fingerprint density at radius 2 is 2.10 bits per heavy atom. The molecule has 0 aromatic rings. The van der Waals surface area contributed by atoms with Gasteiger partial charge in [0, 0.05) is 11.8 Å². The molecule has 0 amide bonds. The van der Waals surface area contributed by atoms with Gasteiger partial charge in [-0.1, -0.05) is 13.8 Å². The molecule has 1 unspecified atom stereocenters. The van der Waals surface area contributed by atoms with Crippen LogP contribution in [0.3, 0.4) is 0 Å². The molecule has 0 aromatic carbocycles. The molecule has 0 rings (SSSR count). The Morgan fingerprint density at radius 1 is 1.60 bits per heavy atom. The van der Waals surface area contributed by atoms with Crippen LogP contribution >= 0.6 is 23.2 Å². The van der Waals surface area contributed by atoms with Crippen molar-refractivity contribution in [3.05, 3.63) is 0 Å². The lowest BCUT2D eigenvalue weighted by atomic mass is 9.87. The van der Waals surface area contributed by atoms with Gasteiger partial charge in [0.15, 0.2) is 0 Å². The van der Waals surface area contributed by atoms with Crippen LogP contribution in [0.15, 0.2) is 0 Å². The van der Waals surface area contributed by atoms with Gasteiger partial charge in [0.2, 0.25) is 0 Å². The molecule has 10 heavy (non-hydrogen) atoms. The van der Waals surface area contributed by atoms with Gasteiger partial charge in [0.25, 0.3) is 0 Å². The molecule has 0 spiro atoms. The van der Waals surface area contributed by atoms with Crippen LogP contribution in [-0.4, -0.2) is 4.84 Å². The van der Waals surface area contributed by atoms with E-state index in [4.69, 9.17) is 28.5 Å². The highest BCUT2D eigenvalue weighted by Crippen LogP contribution is 2.35. The predicted octanol–water partition coefficient (Wildman–Crippen LogP) is 3.12. The fourth-order valence-corrected chi connectivity index (χ4v) is 1.000. The Hall–Kier alpha value is 0.0700. The molecule has 58 valence electrons. The molecule has 3 heteroatoms. The molecule has 0 aromatic heterocycles. The minimum atomic E-state index is -0.447. The van der Waals surface area contributed by atoms with Crippen LogP contribution in [0.1, 0.15) is 26.7 Å². The van der Waals surface area contributed by atoms with Crippen LogP contribution in [0.5, 0.6) is 0 Å². The third kappa shape index (κ3) is 2.36. The maximum atomic E-state index is 8.41. The number of nitrogens with zero attached hydrogens (tertiary/aromatic N) is 1. The Balaban J connectivity index is 4.11. The van der Waals surface area contributed by atoms with E-state index in [1.165, 1.54) is 0 Å². The zero-order valence-corrected chi connectivity index (χ0v) is 7.71. The van der Waals surface area contributed by atoms with E-state index in [1.54, 1.807) is 0 Å². The second-order valence-electron chi connectivity index (χ2n) is 2.64. The Labute approximate surface area is 71.9 Å². The van der Waals surface area contributed by atoms with Gasteiger partial charge >= 0.3 is 0 Å². The average Bonchev–Trinajstić information content (AvgIpc) is 1.88. The van der Waals surface area contributed by atoms with E-state index in [9.17, 15) is 0 Å². The SMILES string of the molecule is CCC(C)(CC#N)C(Cl)Cl. The van der Waals surface area contributed by atoms with Crippen molar-refractivity contribution >= 4 is 23.2 Å². The summed E-state index contributed by atoms with van der Waals surface area (Å²) in [6.45, 7) is 3.90. The van der Waals surface area contributed by atoms with Crippen molar-refractivity contribution < 1.29 is 0 Å². The van der Waals surface area contributed by atoms with E-state index in [0.717, 1.165) is 6.42 Å². The van der Waals surface area contributed by atoms with Crippen LogP contribution in [0, 0.1) is 16.7 Å². The monoisotopic (exact) mass is 179 g/mol. The van der Waals surface area contributed by atoms with Crippen molar-refractivity contribution in [2.45, 2.75) is 31.5 Å². The fourth-order valence-electron chi connectivity index (χ4n) is 0.537. The van der Waals surface area contributed by atoms with Crippen molar-refractivity contribution in [1.29, 1.82) is 5.26 Å². The summed E-state index contributed by atoms with van der Waals surface area (Å²) >= 11 is 11.4. The summed E-state index contributed by atoms with van der Waals surface area (Å²) < 4.78 is 0. The van der Waals surface area contributed by atoms with E-state index in [-0.39, 0.29) is 5.41 Å². The van der Waals surface area contributed by atoms with Gasteiger partial charge in [-0.05, 0) is 6.42 Å². The highest BCUT2D eigenvalue weighted by atomic mass is 35.5. The minimum Gasteiger partial charge on any atom is -0.198 e. The highest BCUT2D eigenvalue weighted by Gasteiger charge is 2.29. The average molecular weight is 180 g/mol. The summed E-state index contributed by atoms with van der Waals surface area (Å²) in [6, 6.07) is 2.07. The third-order valence-electron chi connectivity index (χ3n) is 1.82. The number of alkyl halides is 2. The summed E-state index contributed by atoms with van der Waals surface area (Å²) in [6.07, 6.45) is 1.25. The first-order valence-corrected chi connectivity index (χ1v) is 4.09. The maximum absolute atomic E-state index is 8.41. The minimum absolute atomic E-state index is 0.238. The molecule has 0 radical (unpaired) electrons. The lowest BCUT2D eigenvalue weighted by Gasteiger charge is -2.25. The normalized spacial score (nSPS) is 16.4. The lowest BCUT2D eigenvalue weighted by Crippen LogP contribution is -2.22. The summed E-state index contributed by atoms with van der Waals surface area (Å²) in [5.74, 6) is 0. The quantitative estimate of drug-likeness (QED) is 0.612. The van der Waals surface area contributed by atoms with Crippen LogP contribution in [-0.2, 0) is 0 Å². The standard InChI is InChI=1S/C7H11Cl2N/c1-3-7(2,4-5-10)6(8)9/h6H,3-4H2,1-2H3. The van der Waals surface area contributed by atoms with Gasteiger partial charge in [-0.3, -0.25) is 0 Å². The van der Waals surface area contributed by atoms with Crippen molar-refractivity contribution in [3.63, 3.8) is 0 Å². The van der Waals surface area contributed by atoms with Crippen molar-refractivity contribution in [1.82, 2.24) is 0 Å². The molecule has 0 aliphatic heterocycles. The number of hydrogen-bond donors (Lipinski definition) is 0. The summed E-state index contributed by atoms with van der Waals surface area (Å²) in [4.78, 5) is -0.447. The number of rotatable bonds is 3. The summed E-state index contributed by atoms with van der Waals surface area (Å²) in [5.41, 5.74) is -0.238. The molecule has 0 saturated carbocycles. The Kier molecular flexibility index (Phi) is 4.08. The largest absolute Gasteiger partial charge is 0.198 e. The molecule has 0 aliphatic rings. The smallest absolute Gasteiger partial charge is 0.114 e. The number of nitriles is 1. The van der Waals surface area contributed by atoms with Gasteiger partial charge in [-0.15, -0.1) is 23.2 Å². The van der Waals surface area contributed by atoms with Gasteiger partial charge in [0.1, 0.15) is 4.84 Å². The third-order valence-corrected chi connectivity index (χ3v) is 2.87. The fraction of sp³-hybridized carbons (Fsp3) is 0.857. The Bertz CT molecular complexity index is 139. The molecular formula is C7H11Cl2N. The first-order chi connectivity index (χ1) is 4.56. The van der Waals surface area contributed by atoms with Crippen molar-refractivity contribution in [2.24, 2.45) is 5.41 Å². The summed E-state index contributed by atoms with van der Waals surface area (Å²) in [5, 5.41) is 8.41. The number of hydrogen-bond acceptors (Lipinski definition) is 1.